The summed E-state index contributed by atoms with van der Waals surface area (Å²) in [6, 6.07) is 25.9. The topological polar surface area (TPSA) is 4.93 Å². The van der Waals surface area contributed by atoms with Gasteiger partial charge in [-0.2, -0.15) is 13.2 Å². The highest BCUT2D eigenvalue weighted by Gasteiger charge is 2.41. The Bertz CT molecular complexity index is 1270. The van der Waals surface area contributed by atoms with E-state index in [0.717, 1.165) is 16.5 Å². The van der Waals surface area contributed by atoms with Crippen LogP contribution in [0.4, 0.5) is 13.2 Å². The second kappa shape index (κ2) is 6.52. The van der Waals surface area contributed by atoms with E-state index in [1.54, 1.807) is 24.3 Å². The maximum absolute atomic E-state index is 14.1. The molecule has 4 aromatic rings. The molecule has 1 aromatic heterocycles. The highest BCUT2D eigenvalue weighted by Crippen LogP contribution is 2.48. The Morgan fingerprint density at radius 2 is 1.41 bits per heavy atom. The predicted molar refractivity (Wildman–Crippen MR) is 111 cm³/mol. The van der Waals surface area contributed by atoms with Gasteiger partial charge in [0, 0.05) is 11.8 Å². The van der Waals surface area contributed by atoms with Gasteiger partial charge in [-0.05, 0) is 40.3 Å². The summed E-state index contributed by atoms with van der Waals surface area (Å²) in [6.45, 7) is 0. The van der Waals surface area contributed by atoms with E-state index in [0.29, 0.717) is 16.8 Å². The number of allylic oxidation sites excluding steroid dienone is 2. The first kappa shape index (κ1) is 17.6. The minimum Gasteiger partial charge on any atom is -0.315 e. The number of alkyl halides is 3. The van der Waals surface area contributed by atoms with Crippen molar-refractivity contribution in [3.8, 4) is 0 Å². The number of hydrogen-bond acceptors (Lipinski definition) is 0. The van der Waals surface area contributed by atoms with E-state index in [2.05, 4.69) is 0 Å². The van der Waals surface area contributed by atoms with Gasteiger partial charge in [-0.3, -0.25) is 0 Å². The molecule has 142 valence electrons. The number of nitrogens with zero attached hydrogens (tertiary/aromatic N) is 1. The summed E-state index contributed by atoms with van der Waals surface area (Å²) in [5, 5.41) is 0.977. The average molecular weight is 387 g/mol. The van der Waals surface area contributed by atoms with E-state index in [4.69, 9.17) is 0 Å². The zero-order chi connectivity index (χ0) is 20.0. The molecule has 0 amide bonds. The molecule has 0 atom stereocenters. The second-order valence-corrected chi connectivity index (χ2v) is 6.98. The van der Waals surface area contributed by atoms with Crippen LogP contribution in [0.5, 0.6) is 0 Å². The van der Waals surface area contributed by atoms with Crippen LogP contribution in [0.1, 0.15) is 16.7 Å². The minimum absolute atomic E-state index is 0.209. The highest BCUT2D eigenvalue weighted by molar-refractivity contribution is 6.08. The van der Waals surface area contributed by atoms with Gasteiger partial charge in [-0.1, -0.05) is 72.8 Å². The zero-order valence-corrected chi connectivity index (χ0v) is 15.3. The predicted octanol–water partition coefficient (Wildman–Crippen LogP) is 7.02. The molecule has 3 aromatic carbocycles. The molecule has 5 rings (SSSR count). The van der Waals surface area contributed by atoms with Crippen LogP contribution in [0.2, 0.25) is 0 Å². The van der Waals surface area contributed by atoms with Crippen molar-refractivity contribution in [2.45, 2.75) is 6.18 Å². The third-order valence-electron chi connectivity index (χ3n) is 5.23. The first-order valence-electron chi connectivity index (χ1n) is 9.29. The van der Waals surface area contributed by atoms with Crippen molar-refractivity contribution in [2.24, 2.45) is 0 Å². The molecule has 4 heteroatoms. The molecule has 0 spiro atoms. The monoisotopic (exact) mass is 387 g/mol. The number of rotatable bonds is 2. The van der Waals surface area contributed by atoms with Crippen molar-refractivity contribution >= 4 is 28.2 Å². The van der Waals surface area contributed by atoms with Crippen LogP contribution in [-0.2, 0) is 0 Å². The maximum atomic E-state index is 14.1. The van der Waals surface area contributed by atoms with E-state index in [9.17, 15) is 13.2 Å². The van der Waals surface area contributed by atoms with Crippen molar-refractivity contribution in [3.63, 3.8) is 0 Å². The lowest BCUT2D eigenvalue weighted by Gasteiger charge is -2.20. The fraction of sp³-hybridized carbons (Fsp3) is 0.0400. The molecule has 1 heterocycles. The second-order valence-electron chi connectivity index (χ2n) is 6.98. The van der Waals surface area contributed by atoms with E-state index in [-0.39, 0.29) is 5.57 Å². The number of halogens is 3. The van der Waals surface area contributed by atoms with Crippen LogP contribution < -0.4 is 0 Å². The maximum Gasteiger partial charge on any atom is 0.417 e. The van der Waals surface area contributed by atoms with Gasteiger partial charge in [0.25, 0.3) is 0 Å². The summed E-state index contributed by atoms with van der Waals surface area (Å²) in [5.74, 6) is 0. The lowest BCUT2D eigenvalue weighted by molar-refractivity contribution is -0.0859. The van der Waals surface area contributed by atoms with Gasteiger partial charge in [0.1, 0.15) is 0 Å². The van der Waals surface area contributed by atoms with E-state index in [1.807, 2.05) is 71.4 Å². The molecule has 1 aliphatic carbocycles. The Kier molecular flexibility index (Phi) is 3.95. The van der Waals surface area contributed by atoms with Gasteiger partial charge in [0.15, 0.2) is 0 Å². The Hall–Kier alpha value is -3.53. The van der Waals surface area contributed by atoms with Crippen LogP contribution >= 0.6 is 0 Å². The van der Waals surface area contributed by atoms with Crippen molar-refractivity contribution in [1.82, 2.24) is 4.57 Å². The molecule has 29 heavy (non-hydrogen) atoms. The van der Waals surface area contributed by atoms with E-state index >= 15 is 0 Å². The lowest BCUT2D eigenvalue weighted by atomic mass is 9.96. The quantitative estimate of drug-likeness (QED) is 0.348. The van der Waals surface area contributed by atoms with E-state index < -0.39 is 11.7 Å². The van der Waals surface area contributed by atoms with Crippen molar-refractivity contribution in [2.75, 3.05) is 0 Å². The van der Waals surface area contributed by atoms with Gasteiger partial charge in [0.05, 0.1) is 16.8 Å². The van der Waals surface area contributed by atoms with Gasteiger partial charge in [-0.25, -0.2) is 0 Å². The van der Waals surface area contributed by atoms with Gasteiger partial charge in [-0.15, -0.1) is 0 Å². The lowest BCUT2D eigenvalue weighted by Crippen LogP contribution is -2.13. The van der Waals surface area contributed by atoms with Crippen LogP contribution in [0.15, 0.2) is 96.7 Å². The third-order valence-corrected chi connectivity index (χ3v) is 5.23. The summed E-state index contributed by atoms with van der Waals surface area (Å²) in [4.78, 5) is 0. The van der Waals surface area contributed by atoms with Crippen molar-refractivity contribution in [3.05, 3.63) is 113 Å². The van der Waals surface area contributed by atoms with Crippen LogP contribution in [-0.4, -0.2) is 10.7 Å². The molecule has 0 fully saturated rings. The van der Waals surface area contributed by atoms with Crippen molar-refractivity contribution < 1.29 is 13.2 Å². The Balaban J connectivity index is 1.92. The molecule has 1 aliphatic rings. The molecular formula is C25H16F3N. The first-order valence-corrected chi connectivity index (χ1v) is 9.29. The highest BCUT2D eigenvalue weighted by atomic mass is 19.4. The fourth-order valence-electron chi connectivity index (χ4n) is 3.98. The minimum atomic E-state index is -4.46. The summed E-state index contributed by atoms with van der Waals surface area (Å²) in [6.07, 6.45) is -1.37. The summed E-state index contributed by atoms with van der Waals surface area (Å²) >= 11 is 0. The number of fused-ring (bicyclic) bond motifs is 2. The molecule has 0 unspecified atom stereocenters. The molecule has 1 nitrogen and oxygen atoms in total. The Labute approximate surface area is 166 Å². The fourth-order valence-corrected chi connectivity index (χ4v) is 3.98. The molecule has 0 saturated heterocycles. The largest absolute Gasteiger partial charge is 0.417 e. The van der Waals surface area contributed by atoms with Gasteiger partial charge >= 0.3 is 6.18 Å². The summed E-state index contributed by atoms with van der Waals surface area (Å²) < 4.78 is 44.1. The summed E-state index contributed by atoms with van der Waals surface area (Å²) in [7, 11) is 0. The Morgan fingerprint density at radius 3 is 2.21 bits per heavy atom. The number of benzene rings is 3. The number of hydrogen-bond donors (Lipinski definition) is 0. The molecule has 0 saturated carbocycles. The normalized spacial score (nSPS) is 15.3. The van der Waals surface area contributed by atoms with Gasteiger partial charge in [0.2, 0.25) is 0 Å². The first-order chi connectivity index (χ1) is 14.0. The van der Waals surface area contributed by atoms with Gasteiger partial charge < -0.3 is 4.57 Å². The molecule has 0 bridgehead atoms. The zero-order valence-electron chi connectivity index (χ0n) is 15.3. The summed E-state index contributed by atoms with van der Waals surface area (Å²) in [5.41, 5.74) is 2.90. The third kappa shape index (κ3) is 2.88. The number of para-hydroxylation sites is 1. The standard InChI is InChI=1S/C25H16F3N/c26-25(27,28)21-16-19-11-4-6-12-20(19)23(21)24(18-9-2-1-3-10-18)29-15-14-17-8-5-7-13-22(17)29/h1-16H. The molecular weight excluding hydrogens is 371 g/mol. The van der Waals surface area contributed by atoms with Crippen LogP contribution in [0, 0.1) is 0 Å². The molecule has 0 radical (unpaired) electrons. The smallest absolute Gasteiger partial charge is 0.315 e. The van der Waals surface area contributed by atoms with Crippen LogP contribution in [0.3, 0.4) is 0 Å². The van der Waals surface area contributed by atoms with E-state index in [1.165, 1.54) is 6.08 Å². The SMILES string of the molecule is FC(F)(F)C1=Cc2ccccc2C1=C(c1ccccc1)n1ccc2ccccc21. The van der Waals surface area contributed by atoms with Crippen molar-refractivity contribution in [1.29, 1.82) is 0 Å². The Morgan fingerprint density at radius 1 is 0.724 bits per heavy atom. The number of aromatic nitrogens is 1. The molecule has 0 N–H and O–H groups in total. The average Bonchev–Trinajstić information content (AvgIpc) is 3.32. The molecule has 0 aliphatic heterocycles. The van der Waals surface area contributed by atoms with Crippen LogP contribution in [0.25, 0.3) is 28.2 Å².